The van der Waals surface area contributed by atoms with Crippen LogP contribution in [0, 0.1) is 3.57 Å². The van der Waals surface area contributed by atoms with Gasteiger partial charge in [0.2, 0.25) is 0 Å². The first-order valence-corrected chi connectivity index (χ1v) is 7.06. The van der Waals surface area contributed by atoms with Crippen LogP contribution in [0.15, 0.2) is 30.5 Å². The zero-order chi connectivity index (χ0) is 14.0. The first-order chi connectivity index (χ1) is 8.93. The summed E-state index contributed by atoms with van der Waals surface area (Å²) in [5.74, 6) is 5.47. The van der Waals surface area contributed by atoms with Crippen molar-refractivity contribution >= 4 is 33.9 Å². The number of nitrogens with two attached hydrogens (primary N) is 1. The number of halogens is 4. The molecule has 8 heteroatoms. The van der Waals surface area contributed by atoms with Gasteiger partial charge in [0.15, 0.2) is 5.01 Å². The highest BCUT2D eigenvalue weighted by molar-refractivity contribution is 14.1. The minimum atomic E-state index is -4.42. The van der Waals surface area contributed by atoms with Gasteiger partial charge in [-0.3, -0.25) is 5.84 Å². The Bertz CT molecular complexity index is 570. The second-order valence-corrected chi connectivity index (χ2v) is 5.91. The van der Waals surface area contributed by atoms with Gasteiger partial charge in [-0.25, -0.2) is 10.4 Å². The summed E-state index contributed by atoms with van der Waals surface area (Å²) in [5, 5.41) is -0.867. The Labute approximate surface area is 125 Å². The van der Waals surface area contributed by atoms with E-state index in [9.17, 15) is 13.2 Å². The molecule has 0 radical (unpaired) electrons. The Kier molecular flexibility index (Phi) is 4.43. The molecule has 0 aliphatic heterocycles. The van der Waals surface area contributed by atoms with Gasteiger partial charge in [0.05, 0.1) is 6.04 Å². The molecule has 0 amide bonds. The van der Waals surface area contributed by atoms with Crippen molar-refractivity contribution in [2.24, 2.45) is 5.84 Å². The van der Waals surface area contributed by atoms with Gasteiger partial charge in [-0.2, -0.15) is 13.2 Å². The van der Waals surface area contributed by atoms with Gasteiger partial charge in [0.25, 0.3) is 0 Å². The predicted molar refractivity (Wildman–Crippen MR) is 75.4 cm³/mol. The van der Waals surface area contributed by atoms with Crippen LogP contribution in [-0.2, 0) is 6.18 Å². The van der Waals surface area contributed by atoms with Crippen molar-refractivity contribution in [2.45, 2.75) is 12.2 Å². The lowest BCUT2D eigenvalue weighted by Crippen LogP contribution is -2.28. The first-order valence-electron chi connectivity index (χ1n) is 5.17. The molecule has 102 valence electrons. The minimum absolute atomic E-state index is 0.430. The highest BCUT2D eigenvalue weighted by Crippen LogP contribution is 2.36. The number of nitrogens with zero attached hydrogens (tertiary/aromatic N) is 1. The van der Waals surface area contributed by atoms with Crippen LogP contribution in [0.5, 0.6) is 0 Å². The van der Waals surface area contributed by atoms with Crippen molar-refractivity contribution in [1.82, 2.24) is 10.4 Å². The molecule has 0 saturated carbocycles. The number of rotatable bonds is 3. The van der Waals surface area contributed by atoms with E-state index in [2.05, 4.69) is 33.0 Å². The van der Waals surface area contributed by atoms with Crippen molar-refractivity contribution in [3.63, 3.8) is 0 Å². The van der Waals surface area contributed by atoms with Crippen LogP contribution in [0.1, 0.15) is 21.5 Å². The first kappa shape index (κ1) is 14.7. The van der Waals surface area contributed by atoms with Crippen LogP contribution in [0.2, 0.25) is 0 Å². The van der Waals surface area contributed by atoms with Gasteiger partial charge in [0.1, 0.15) is 0 Å². The van der Waals surface area contributed by atoms with E-state index in [1.54, 1.807) is 0 Å². The van der Waals surface area contributed by atoms with Crippen molar-refractivity contribution in [2.75, 3.05) is 0 Å². The highest BCUT2D eigenvalue weighted by Gasteiger charge is 2.35. The molecule has 1 aromatic carbocycles. The summed E-state index contributed by atoms with van der Waals surface area (Å²) in [7, 11) is 0. The van der Waals surface area contributed by atoms with E-state index in [0.717, 1.165) is 9.13 Å². The Morgan fingerprint density at radius 2 is 2.00 bits per heavy atom. The van der Waals surface area contributed by atoms with Gasteiger partial charge in [-0.1, -0.05) is 18.2 Å². The monoisotopic (exact) mass is 399 g/mol. The van der Waals surface area contributed by atoms with E-state index in [1.807, 2.05) is 24.3 Å². The zero-order valence-corrected chi connectivity index (χ0v) is 12.4. The van der Waals surface area contributed by atoms with E-state index in [1.165, 1.54) is 6.20 Å². The summed E-state index contributed by atoms with van der Waals surface area (Å²) in [6.07, 6.45) is -3.22. The van der Waals surface area contributed by atoms with Crippen molar-refractivity contribution in [3.05, 3.63) is 49.5 Å². The molecular formula is C11H9F3IN3S. The number of hydrogen-bond donors (Lipinski definition) is 2. The summed E-state index contributed by atoms with van der Waals surface area (Å²) in [5.41, 5.74) is 3.36. The Balaban J connectivity index is 2.38. The normalized spacial score (nSPS) is 13.5. The average molecular weight is 399 g/mol. The molecule has 0 fully saturated rings. The molecule has 3 nitrogen and oxygen atoms in total. The van der Waals surface area contributed by atoms with Crippen LogP contribution in [0.25, 0.3) is 0 Å². The van der Waals surface area contributed by atoms with Crippen molar-refractivity contribution < 1.29 is 13.2 Å². The number of hydrazine groups is 1. The molecular weight excluding hydrogens is 390 g/mol. The van der Waals surface area contributed by atoms with E-state index < -0.39 is 17.2 Å². The quantitative estimate of drug-likeness (QED) is 0.473. The molecule has 1 atom stereocenters. The number of benzene rings is 1. The predicted octanol–water partition coefficient (Wildman–Crippen LogP) is 3.32. The van der Waals surface area contributed by atoms with Gasteiger partial charge in [0, 0.05) is 14.6 Å². The fourth-order valence-corrected chi connectivity index (χ4v) is 3.15. The maximum atomic E-state index is 12.5. The molecule has 0 bridgehead atoms. The molecule has 2 aromatic rings. The topological polar surface area (TPSA) is 50.9 Å². The molecule has 0 spiro atoms. The summed E-state index contributed by atoms with van der Waals surface area (Å²) >= 11 is 2.71. The maximum absolute atomic E-state index is 12.5. The third-order valence-electron chi connectivity index (χ3n) is 2.43. The molecule has 1 heterocycles. The van der Waals surface area contributed by atoms with Gasteiger partial charge in [-0.05, 0) is 34.2 Å². The zero-order valence-electron chi connectivity index (χ0n) is 9.41. The van der Waals surface area contributed by atoms with Crippen LogP contribution < -0.4 is 11.3 Å². The van der Waals surface area contributed by atoms with Gasteiger partial charge < -0.3 is 0 Å². The lowest BCUT2D eigenvalue weighted by atomic mass is 10.1. The highest BCUT2D eigenvalue weighted by atomic mass is 127. The van der Waals surface area contributed by atoms with E-state index in [-0.39, 0.29) is 0 Å². The van der Waals surface area contributed by atoms with Crippen LogP contribution in [0.4, 0.5) is 13.2 Å². The molecule has 0 aliphatic carbocycles. The Morgan fingerprint density at radius 1 is 1.32 bits per heavy atom. The molecule has 1 unspecified atom stereocenters. The molecule has 3 N–H and O–H groups in total. The lowest BCUT2D eigenvalue weighted by Gasteiger charge is -2.15. The van der Waals surface area contributed by atoms with Gasteiger partial charge >= 0.3 is 6.18 Å². The van der Waals surface area contributed by atoms with Gasteiger partial charge in [-0.15, -0.1) is 11.3 Å². The van der Waals surface area contributed by atoms with Crippen LogP contribution in [0.3, 0.4) is 0 Å². The smallest absolute Gasteiger partial charge is 0.271 e. The number of alkyl halides is 3. The molecule has 0 saturated heterocycles. The third-order valence-corrected chi connectivity index (χ3v) is 4.52. The maximum Gasteiger partial charge on any atom is 0.443 e. The van der Waals surface area contributed by atoms with E-state index >= 15 is 0 Å². The molecule has 2 rings (SSSR count). The third kappa shape index (κ3) is 3.25. The summed E-state index contributed by atoms with van der Waals surface area (Å²) in [6, 6.07) is 6.85. The second-order valence-electron chi connectivity index (χ2n) is 3.69. The number of thiazole rings is 1. The Morgan fingerprint density at radius 3 is 2.53 bits per heavy atom. The van der Waals surface area contributed by atoms with E-state index in [4.69, 9.17) is 5.84 Å². The summed E-state index contributed by atoms with van der Waals surface area (Å²) in [4.78, 5) is 3.84. The fraction of sp³-hybridized carbons (Fsp3) is 0.182. The second kappa shape index (κ2) is 5.73. The average Bonchev–Trinajstić information content (AvgIpc) is 2.82. The van der Waals surface area contributed by atoms with E-state index in [0.29, 0.717) is 16.2 Å². The Hall–Kier alpha value is -0.710. The van der Waals surface area contributed by atoms with Crippen LogP contribution >= 0.6 is 33.9 Å². The molecule has 0 aliphatic rings. The SMILES string of the molecule is NNC(c1cnc(C(F)(F)F)s1)c1ccccc1I. The van der Waals surface area contributed by atoms with Crippen molar-refractivity contribution in [3.8, 4) is 0 Å². The number of hydrogen-bond acceptors (Lipinski definition) is 4. The fourth-order valence-electron chi connectivity index (χ4n) is 1.59. The minimum Gasteiger partial charge on any atom is -0.271 e. The van der Waals surface area contributed by atoms with Crippen LogP contribution in [-0.4, -0.2) is 4.98 Å². The number of aromatic nitrogens is 1. The molecule has 1 aromatic heterocycles. The number of nitrogens with one attached hydrogen (secondary N) is 1. The largest absolute Gasteiger partial charge is 0.443 e. The summed E-state index contributed by atoms with van der Waals surface area (Å²) < 4.78 is 38.6. The standard InChI is InChI=1S/C11H9F3IN3S/c12-11(13,14)10-17-5-8(19-10)9(18-16)6-3-1-2-4-7(6)15/h1-5,9,18H,16H2. The van der Waals surface area contributed by atoms with Crippen molar-refractivity contribution in [1.29, 1.82) is 0 Å². The molecule has 19 heavy (non-hydrogen) atoms. The summed E-state index contributed by atoms with van der Waals surface area (Å²) in [6.45, 7) is 0. The lowest BCUT2D eigenvalue weighted by molar-refractivity contribution is -0.137.